The molecular formula is C20H23FN2O. The van der Waals surface area contributed by atoms with Crippen molar-refractivity contribution < 1.29 is 9.18 Å². The third-order valence-corrected chi connectivity index (χ3v) is 4.85. The zero-order valence-corrected chi connectivity index (χ0v) is 13.9. The Bertz CT molecular complexity index is 744. The predicted octanol–water partition coefficient (Wildman–Crippen LogP) is 3.18. The van der Waals surface area contributed by atoms with Crippen molar-refractivity contribution in [1.29, 1.82) is 0 Å². The fourth-order valence-corrected chi connectivity index (χ4v) is 3.73. The number of fused-ring (bicyclic) bond motifs is 1. The van der Waals surface area contributed by atoms with Crippen LogP contribution in [0.1, 0.15) is 46.3 Å². The van der Waals surface area contributed by atoms with Gasteiger partial charge in [0.1, 0.15) is 5.82 Å². The molecule has 0 saturated carbocycles. The number of amides is 1. The molecule has 1 amide bonds. The Morgan fingerprint density at radius 1 is 1.29 bits per heavy atom. The average Bonchev–Trinajstić information content (AvgIpc) is 2.56. The van der Waals surface area contributed by atoms with Gasteiger partial charge in [0.15, 0.2) is 0 Å². The fraction of sp³-hybridized carbons (Fsp3) is 0.350. The second kappa shape index (κ2) is 7.14. The molecule has 0 heterocycles. The van der Waals surface area contributed by atoms with E-state index in [9.17, 15) is 9.18 Å². The van der Waals surface area contributed by atoms with E-state index in [1.807, 2.05) is 18.2 Å². The van der Waals surface area contributed by atoms with E-state index in [4.69, 9.17) is 5.73 Å². The SMILES string of the molecule is CCNC1CCc2ccc(C(N)=O)cc2C1Cc1cccc(F)c1. The van der Waals surface area contributed by atoms with Gasteiger partial charge < -0.3 is 11.1 Å². The molecule has 0 radical (unpaired) electrons. The van der Waals surface area contributed by atoms with E-state index in [1.54, 1.807) is 18.2 Å². The molecule has 2 unspecified atom stereocenters. The molecular weight excluding hydrogens is 303 g/mol. The van der Waals surface area contributed by atoms with Crippen LogP contribution in [-0.2, 0) is 12.8 Å². The highest BCUT2D eigenvalue weighted by Gasteiger charge is 2.29. The number of carbonyl (C=O) groups is 1. The highest BCUT2D eigenvalue weighted by Crippen LogP contribution is 2.35. The van der Waals surface area contributed by atoms with E-state index >= 15 is 0 Å². The molecule has 0 aromatic heterocycles. The summed E-state index contributed by atoms with van der Waals surface area (Å²) in [6.45, 7) is 2.98. The molecule has 3 rings (SSSR count). The zero-order valence-electron chi connectivity index (χ0n) is 13.9. The number of rotatable bonds is 5. The first kappa shape index (κ1) is 16.7. The number of hydrogen-bond donors (Lipinski definition) is 2. The number of halogens is 1. The first-order chi connectivity index (χ1) is 11.6. The van der Waals surface area contributed by atoms with Gasteiger partial charge in [0.2, 0.25) is 5.91 Å². The van der Waals surface area contributed by atoms with E-state index in [-0.39, 0.29) is 11.7 Å². The molecule has 0 spiro atoms. The van der Waals surface area contributed by atoms with Crippen LogP contribution < -0.4 is 11.1 Å². The lowest BCUT2D eigenvalue weighted by Crippen LogP contribution is -2.39. The molecule has 1 aliphatic rings. The Kier molecular flexibility index (Phi) is 4.95. The molecule has 1 aliphatic carbocycles. The molecule has 3 nitrogen and oxygen atoms in total. The first-order valence-corrected chi connectivity index (χ1v) is 8.49. The fourth-order valence-electron chi connectivity index (χ4n) is 3.73. The largest absolute Gasteiger partial charge is 0.366 e. The molecule has 2 aromatic carbocycles. The number of primary amides is 1. The van der Waals surface area contributed by atoms with Crippen LogP contribution in [0.15, 0.2) is 42.5 Å². The van der Waals surface area contributed by atoms with Crippen molar-refractivity contribution in [3.63, 3.8) is 0 Å². The Morgan fingerprint density at radius 3 is 2.83 bits per heavy atom. The minimum Gasteiger partial charge on any atom is -0.366 e. The normalized spacial score (nSPS) is 19.8. The minimum absolute atomic E-state index is 0.204. The highest BCUT2D eigenvalue weighted by atomic mass is 19.1. The predicted molar refractivity (Wildman–Crippen MR) is 93.6 cm³/mol. The maximum atomic E-state index is 13.6. The molecule has 24 heavy (non-hydrogen) atoms. The summed E-state index contributed by atoms with van der Waals surface area (Å²) in [6.07, 6.45) is 2.76. The van der Waals surface area contributed by atoms with E-state index in [0.717, 1.165) is 36.9 Å². The summed E-state index contributed by atoms with van der Waals surface area (Å²) in [5.41, 5.74) is 9.38. The smallest absolute Gasteiger partial charge is 0.248 e. The van der Waals surface area contributed by atoms with E-state index in [2.05, 4.69) is 12.2 Å². The van der Waals surface area contributed by atoms with E-state index in [1.165, 1.54) is 11.6 Å². The van der Waals surface area contributed by atoms with Crippen LogP contribution in [0.4, 0.5) is 4.39 Å². The summed E-state index contributed by atoms with van der Waals surface area (Å²) in [5.74, 6) is -0.419. The molecule has 0 aliphatic heterocycles. The van der Waals surface area contributed by atoms with Crippen molar-refractivity contribution in [3.05, 3.63) is 70.5 Å². The van der Waals surface area contributed by atoms with Gasteiger partial charge in [-0.05, 0) is 66.8 Å². The van der Waals surface area contributed by atoms with Gasteiger partial charge in [0, 0.05) is 17.5 Å². The maximum Gasteiger partial charge on any atom is 0.248 e. The monoisotopic (exact) mass is 326 g/mol. The second-order valence-electron chi connectivity index (χ2n) is 6.42. The van der Waals surface area contributed by atoms with Gasteiger partial charge in [-0.25, -0.2) is 4.39 Å². The van der Waals surface area contributed by atoms with Crippen molar-refractivity contribution >= 4 is 5.91 Å². The molecule has 0 fully saturated rings. The summed E-state index contributed by atoms with van der Waals surface area (Å²) >= 11 is 0. The Hall–Kier alpha value is -2.20. The van der Waals surface area contributed by atoms with Crippen molar-refractivity contribution in [2.24, 2.45) is 5.73 Å². The number of hydrogen-bond acceptors (Lipinski definition) is 2. The van der Waals surface area contributed by atoms with Crippen LogP contribution in [0.5, 0.6) is 0 Å². The molecule has 3 N–H and O–H groups in total. The topological polar surface area (TPSA) is 55.1 Å². The van der Waals surface area contributed by atoms with Gasteiger partial charge in [-0.2, -0.15) is 0 Å². The van der Waals surface area contributed by atoms with Gasteiger partial charge in [0.05, 0.1) is 0 Å². The average molecular weight is 326 g/mol. The van der Waals surface area contributed by atoms with Gasteiger partial charge in [-0.15, -0.1) is 0 Å². The standard InChI is InChI=1S/C20H23FN2O/c1-2-23-19-9-8-14-6-7-15(20(22)24)12-17(14)18(19)11-13-4-3-5-16(21)10-13/h3-7,10,12,18-19,23H,2,8-9,11H2,1H3,(H2,22,24). The van der Waals surface area contributed by atoms with E-state index < -0.39 is 5.91 Å². The van der Waals surface area contributed by atoms with Crippen LogP contribution in [0.2, 0.25) is 0 Å². The lowest BCUT2D eigenvalue weighted by atomic mass is 9.75. The lowest BCUT2D eigenvalue weighted by molar-refractivity contribution is 0.1000. The lowest BCUT2D eigenvalue weighted by Gasteiger charge is -2.34. The minimum atomic E-state index is -0.409. The Balaban J connectivity index is 1.99. The molecule has 4 heteroatoms. The zero-order chi connectivity index (χ0) is 17.1. The number of likely N-dealkylation sites (N-methyl/N-ethyl adjacent to an activating group) is 1. The van der Waals surface area contributed by atoms with Gasteiger partial charge in [-0.3, -0.25) is 4.79 Å². The number of carbonyl (C=O) groups excluding carboxylic acids is 1. The summed E-state index contributed by atoms with van der Waals surface area (Å²) in [4.78, 5) is 11.6. The highest BCUT2D eigenvalue weighted by molar-refractivity contribution is 5.93. The summed E-state index contributed by atoms with van der Waals surface area (Å²) in [7, 11) is 0. The van der Waals surface area contributed by atoms with E-state index in [0.29, 0.717) is 11.6 Å². The third kappa shape index (κ3) is 3.49. The maximum absolute atomic E-state index is 13.6. The molecule has 0 saturated heterocycles. The van der Waals surface area contributed by atoms with Crippen molar-refractivity contribution in [2.45, 2.75) is 38.1 Å². The molecule has 2 aromatic rings. The number of aryl methyl sites for hydroxylation is 1. The third-order valence-electron chi connectivity index (χ3n) is 4.85. The summed E-state index contributed by atoms with van der Waals surface area (Å²) in [5, 5.41) is 3.55. The Labute approximate surface area is 142 Å². The van der Waals surface area contributed by atoms with Crippen molar-refractivity contribution in [1.82, 2.24) is 5.32 Å². The van der Waals surface area contributed by atoms with Gasteiger partial charge >= 0.3 is 0 Å². The number of benzene rings is 2. The number of nitrogens with two attached hydrogens (primary N) is 1. The first-order valence-electron chi connectivity index (χ1n) is 8.49. The summed E-state index contributed by atoms with van der Waals surface area (Å²) < 4.78 is 13.6. The summed E-state index contributed by atoms with van der Waals surface area (Å²) in [6, 6.07) is 12.8. The quantitative estimate of drug-likeness (QED) is 0.887. The van der Waals surface area contributed by atoms with Crippen LogP contribution in [0.3, 0.4) is 0 Å². The van der Waals surface area contributed by atoms with Gasteiger partial charge in [0.25, 0.3) is 0 Å². The molecule has 126 valence electrons. The molecule has 2 atom stereocenters. The van der Waals surface area contributed by atoms with Gasteiger partial charge in [-0.1, -0.05) is 25.1 Å². The van der Waals surface area contributed by atoms with Crippen LogP contribution in [-0.4, -0.2) is 18.5 Å². The second-order valence-corrected chi connectivity index (χ2v) is 6.42. The van der Waals surface area contributed by atoms with Crippen molar-refractivity contribution in [3.8, 4) is 0 Å². The molecule has 0 bridgehead atoms. The van der Waals surface area contributed by atoms with Crippen LogP contribution in [0, 0.1) is 5.82 Å². The van der Waals surface area contributed by atoms with Crippen LogP contribution >= 0.6 is 0 Å². The Morgan fingerprint density at radius 2 is 2.12 bits per heavy atom. The number of nitrogens with one attached hydrogen (secondary N) is 1. The van der Waals surface area contributed by atoms with Crippen LogP contribution in [0.25, 0.3) is 0 Å². The van der Waals surface area contributed by atoms with Crippen molar-refractivity contribution in [2.75, 3.05) is 6.54 Å².